The van der Waals surface area contributed by atoms with E-state index in [0.29, 0.717) is 0 Å². The summed E-state index contributed by atoms with van der Waals surface area (Å²) in [5, 5.41) is 0. The number of anilines is 2. The number of fused-ring (bicyclic) bond motifs is 1. The van der Waals surface area contributed by atoms with Crippen LogP contribution < -0.4 is 10.6 Å². The Morgan fingerprint density at radius 2 is 2.36 bits per heavy atom. The molecule has 74 valence electrons. The minimum Gasteiger partial charge on any atom is -0.399 e. The van der Waals surface area contributed by atoms with Crippen LogP contribution in [0, 0.1) is 0 Å². The number of nitrogens with zero attached hydrogens (tertiary/aromatic N) is 1. The van der Waals surface area contributed by atoms with Crippen molar-refractivity contribution >= 4 is 17.7 Å². The zero-order valence-corrected chi connectivity index (χ0v) is 8.23. The van der Waals surface area contributed by atoms with Crippen LogP contribution in [0.5, 0.6) is 0 Å². The van der Waals surface area contributed by atoms with Gasteiger partial charge < -0.3 is 15.4 Å². The van der Waals surface area contributed by atoms with E-state index in [1.165, 1.54) is 5.56 Å². The van der Waals surface area contributed by atoms with Crippen LogP contribution in [-0.4, -0.2) is 18.9 Å². The fraction of sp³-hybridized carbons (Fsp3) is 0.364. The third kappa shape index (κ3) is 1.35. The van der Waals surface area contributed by atoms with Crippen molar-refractivity contribution in [2.45, 2.75) is 19.4 Å². The molecule has 0 aliphatic carbocycles. The van der Waals surface area contributed by atoms with Gasteiger partial charge in [-0.1, -0.05) is 0 Å². The lowest BCUT2D eigenvalue weighted by atomic mass is 10.1. The van der Waals surface area contributed by atoms with E-state index in [2.05, 4.69) is 4.90 Å². The lowest BCUT2D eigenvalue weighted by Gasteiger charge is -2.22. The van der Waals surface area contributed by atoms with Crippen molar-refractivity contribution in [3.05, 3.63) is 23.8 Å². The Hall–Kier alpha value is -1.51. The van der Waals surface area contributed by atoms with Gasteiger partial charge in [-0.25, -0.2) is 0 Å². The summed E-state index contributed by atoms with van der Waals surface area (Å²) in [6, 6.07) is 5.83. The number of aldehydes is 1. The molecule has 1 atom stereocenters. The molecule has 1 aliphatic rings. The molecule has 3 heteroatoms. The maximum absolute atomic E-state index is 10.7. The van der Waals surface area contributed by atoms with Gasteiger partial charge in [0.2, 0.25) is 0 Å². The molecule has 1 aromatic rings. The molecular weight excluding hydrogens is 176 g/mol. The lowest BCUT2D eigenvalue weighted by molar-refractivity contribution is -0.108. The van der Waals surface area contributed by atoms with Crippen molar-refractivity contribution in [1.29, 1.82) is 0 Å². The minimum atomic E-state index is -0.0418. The van der Waals surface area contributed by atoms with E-state index in [-0.39, 0.29) is 6.04 Å². The van der Waals surface area contributed by atoms with Crippen LogP contribution in [0.15, 0.2) is 18.2 Å². The van der Waals surface area contributed by atoms with Gasteiger partial charge in [0, 0.05) is 17.9 Å². The van der Waals surface area contributed by atoms with Gasteiger partial charge in [0.25, 0.3) is 0 Å². The molecule has 0 bridgehead atoms. The number of hydrogen-bond donors (Lipinski definition) is 1. The Bertz CT molecular complexity index is 362. The highest BCUT2D eigenvalue weighted by molar-refractivity contribution is 5.71. The Kier molecular flexibility index (Phi) is 2.15. The number of carbonyl (C=O) groups is 1. The predicted octanol–water partition coefficient (Wildman–Crippen LogP) is 1.22. The van der Waals surface area contributed by atoms with Gasteiger partial charge >= 0.3 is 0 Å². The molecule has 0 fully saturated rings. The van der Waals surface area contributed by atoms with Gasteiger partial charge in [-0.3, -0.25) is 0 Å². The molecule has 0 spiro atoms. The number of hydrogen-bond acceptors (Lipinski definition) is 3. The predicted molar refractivity (Wildman–Crippen MR) is 57.4 cm³/mol. The van der Waals surface area contributed by atoms with E-state index < -0.39 is 0 Å². The summed E-state index contributed by atoms with van der Waals surface area (Å²) in [6.07, 6.45) is 1.96. The summed E-state index contributed by atoms with van der Waals surface area (Å²) < 4.78 is 0. The molecular formula is C11H14N2O. The van der Waals surface area contributed by atoms with Gasteiger partial charge in [0.15, 0.2) is 0 Å². The van der Waals surface area contributed by atoms with Crippen molar-refractivity contribution in [3.8, 4) is 0 Å². The summed E-state index contributed by atoms with van der Waals surface area (Å²) in [5.41, 5.74) is 8.89. The van der Waals surface area contributed by atoms with E-state index in [4.69, 9.17) is 5.73 Å². The molecule has 2 N–H and O–H groups in total. The molecule has 3 nitrogen and oxygen atoms in total. The highest BCUT2D eigenvalue weighted by atomic mass is 16.1. The van der Waals surface area contributed by atoms with E-state index in [1.807, 2.05) is 25.1 Å². The van der Waals surface area contributed by atoms with Crippen molar-refractivity contribution in [2.24, 2.45) is 0 Å². The summed E-state index contributed by atoms with van der Waals surface area (Å²) in [5.74, 6) is 0. The fourth-order valence-electron chi connectivity index (χ4n) is 1.94. The van der Waals surface area contributed by atoms with E-state index >= 15 is 0 Å². The van der Waals surface area contributed by atoms with Crippen molar-refractivity contribution < 1.29 is 4.79 Å². The third-order valence-corrected chi connectivity index (χ3v) is 2.72. The maximum atomic E-state index is 10.7. The van der Waals surface area contributed by atoms with E-state index in [1.54, 1.807) is 0 Å². The monoisotopic (exact) mass is 190 g/mol. The normalized spacial score (nSPS) is 16.5. The van der Waals surface area contributed by atoms with Crippen molar-refractivity contribution in [2.75, 3.05) is 17.2 Å². The number of carbonyl (C=O) groups excluding carboxylic acids is 1. The highest BCUT2D eigenvalue weighted by Gasteiger charge is 2.22. The molecule has 2 rings (SSSR count). The molecule has 1 heterocycles. The van der Waals surface area contributed by atoms with Crippen LogP contribution in [0.3, 0.4) is 0 Å². The second kappa shape index (κ2) is 3.33. The maximum Gasteiger partial charge on any atom is 0.142 e. The summed E-state index contributed by atoms with van der Waals surface area (Å²) in [7, 11) is 0. The molecule has 14 heavy (non-hydrogen) atoms. The topological polar surface area (TPSA) is 46.3 Å². The average molecular weight is 190 g/mol. The zero-order valence-electron chi connectivity index (χ0n) is 8.23. The van der Waals surface area contributed by atoms with Crippen LogP contribution in [-0.2, 0) is 11.2 Å². The number of benzene rings is 1. The van der Waals surface area contributed by atoms with Crippen LogP contribution in [0.1, 0.15) is 12.5 Å². The quantitative estimate of drug-likeness (QED) is 0.563. The van der Waals surface area contributed by atoms with Crippen LogP contribution in [0.25, 0.3) is 0 Å². The van der Waals surface area contributed by atoms with E-state index in [0.717, 1.165) is 30.6 Å². The van der Waals surface area contributed by atoms with Crippen molar-refractivity contribution in [1.82, 2.24) is 0 Å². The third-order valence-electron chi connectivity index (χ3n) is 2.72. The first kappa shape index (κ1) is 9.06. The standard InChI is InChI=1S/C11H14N2O/c1-8(7-14)13-5-4-9-6-10(12)2-3-11(9)13/h2-3,6-8H,4-5,12H2,1H3. The molecule has 1 aromatic carbocycles. The largest absolute Gasteiger partial charge is 0.399 e. The number of rotatable bonds is 2. The first-order valence-electron chi connectivity index (χ1n) is 4.82. The highest BCUT2D eigenvalue weighted by Crippen LogP contribution is 2.30. The second-order valence-electron chi connectivity index (χ2n) is 3.71. The Balaban J connectivity index is 2.35. The minimum absolute atomic E-state index is 0.0418. The van der Waals surface area contributed by atoms with Gasteiger partial charge in [0.1, 0.15) is 6.29 Å². The fourth-order valence-corrected chi connectivity index (χ4v) is 1.94. The van der Waals surface area contributed by atoms with Gasteiger partial charge in [0.05, 0.1) is 6.04 Å². The van der Waals surface area contributed by atoms with Crippen molar-refractivity contribution in [3.63, 3.8) is 0 Å². The lowest BCUT2D eigenvalue weighted by Crippen LogP contribution is -2.32. The molecule has 0 amide bonds. The van der Waals surface area contributed by atoms with Crippen LogP contribution in [0.4, 0.5) is 11.4 Å². The molecule has 1 unspecified atom stereocenters. The molecule has 0 saturated heterocycles. The zero-order chi connectivity index (χ0) is 10.1. The smallest absolute Gasteiger partial charge is 0.142 e. The molecule has 1 aliphatic heterocycles. The summed E-state index contributed by atoms with van der Waals surface area (Å²) in [4.78, 5) is 12.8. The number of nitrogens with two attached hydrogens (primary N) is 1. The van der Waals surface area contributed by atoms with E-state index in [9.17, 15) is 4.79 Å². The molecule has 0 aromatic heterocycles. The average Bonchev–Trinajstić information content (AvgIpc) is 2.59. The van der Waals surface area contributed by atoms with Gasteiger partial charge in [-0.2, -0.15) is 0 Å². The van der Waals surface area contributed by atoms with Crippen LogP contribution in [0.2, 0.25) is 0 Å². The second-order valence-corrected chi connectivity index (χ2v) is 3.71. The number of nitrogen functional groups attached to an aromatic ring is 1. The molecule has 0 radical (unpaired) electrons. The molecule has 0 saturated carbocycles. The SMILES string of the molecule is CC(C=O)N1CCc2cc(N)ccc21. The Morgan fingerprint density at radius 3 is 3.07 bits per heavy atom. The Labute approximate surface area is 83.5 Å². The van der Waals surface area contributed by atoms with Gasteiger partial charge in [-0.05, 0) is 37.1 Å². The summed E-state index contributed by atoms with van der Waals surface area (Å²) in [6.45, 7) is 2.83. The Morgan fingerprint density at radius 1 is 1.57 bits per heavy atom. The first-order chi connectivity index (χ1) is 6.72. The van der Waals surface area contributed by atoms with Crippen LogP contribution >= 0.6 is 0 Å². The first-order valence-corrected chi connectivity index (χ1v) is 4.82. The van der Waals surface area contributed by atoms with Gasteiger partial charge in [-0.15, -0.1) is 0 Å². The summed E-state index contributed by atoms with van der Waals surface area (Å²) >= 11 is 0.